The summed E-state index contributed by atoms with van der Waals surface area (Å²) in [5.41, 5.74) is 13.6. The van der Waals surface area contributed by atoms with Crippen molar-refractivity contribution in [2.24, 2.45) is 9.98 Å². The molecule has 0 amide bonds. The maximum absolute atomic E-state index is 11.9. The number of carbonyl (C=O) groups excluding carboxylic acids is 2. The minimum absolute atomic E-state index is 0.219. The average Bonchev–Trinajstić information content (AvgIpc) is 3.40. The van der Waals surface area contributed by atoms with Crippen LogP contribution < -0.4 is 5.73 Å². The number of nitrogen functional groups attached to an aromatic ring is 1. The van der Waals surface area contributed by atoms with E-state index in [4.69, 9.17) is 29.6 Å². The Hall–Kier alpha value is -3.21. The zero-order valence-electron chi connectivity index (χ0n) is 21.2. The summed E-state index contributed by atoms with van der Waals surface area (Å²) in [6, 6.07) is 0. The number of hydrogen-bond donors (Lipinski definition) is 1. The Morgan fingerprint density at radius 3 is 2.14 bits per heavy atom. The summed E-state index contributed by atoms with van der Waals surface area (Å²) in [5, 5.41) is 0. The van der Waals surface area contributed by atoms with Gasteiger partial charge in [0, 0.05) is 30.0 Å². The number of allylic oxidation sites excluding steroid dienone is 5. The van der Waals surface area contributed by atoms with E-state index in [1.807, 2.05) is 32.9 Å². The van der Waals surface area contributed by atoms with Crippen molar-refractivity contribution in [1.29, 1.82) is 0 Å². The lowest BCUT2D eigenvalue weighted by Gasteiger charge is -2.08. The number of nitrogens with two attached hydrogens (primary N) is 1. The van der Waals surface area contributed by atoms with Gasteiger partial charge in [-0.2, -0.15) is 0 Å². The lowest BCUT2D eigenvalue weighted by atomic mass is 9.97. The highest BCUT2D eigenvalue weighted by Crippen LogP contribution is 2.36. The zero-order valence-corrected chi connectivity index (χ0v) is 23.3. The summed E-state index contributed by atoms with van der Waals surface area (Å²) in [7, 11) is 2.75. The minimum atomic E-state index is -0.298. The molecule has 2 aliphatic heterocycles. The Kier molecular flexibility index (Phi) is 8.89. The van der Waals surface area contributed by atoms with Crippen molar-refractivity contribution in [1.82, 2.24) is 0 Å². The van der Waals surface area contributed by atoms with Gasteiger partial charge in [-0.3, -0.25) is 9.59 Å². The summed E-state index contributed by atoms with van der Waals surface area (Å²) >= 11 is 2.19. The second kappa shape index (κ2) is 11.7. The highest BCUT2D eigenvalue weighted by Gasteiger charge is 2.25. The number of ether oxygens (including phenoxy) is 2. The van der Waals surface area contributed by atoms with Crippen LogP contribution in [0.15, 0.2) is 60.7 Å². The number of esters is 2. The summed E-state index contributed by atoms with van der Waals surface area (Å²) < 4.78 is 16.3. The number of carbonyl (C=O) groups is 2. The number of halogens is 1. The second-order valence-corrected chi connectivity index (χ2v) is 9.41. The van der Waals surface area contributed by atoms with Gasteiger partial charge in [0.1, 0.15) is 9.48 Å². The molecular weight excluding hydrogens is 573 g/mol. The molecule has 9 heteroatoms. The van der Waals surface area contributed by atoms with Gasteiger partial charge in [-0.05, 0) is 84.6 Å². The third-order valence-electron chi connectivity index (χ3n) is 6.29. The number of furan rings is 1. The van der Waals surface area contributed by atoms with Crippen molar-refractivity contribution in [3.05, 3.63) is 63.2 Å². The first kappa shape index (κ1) is 27.4. The molecular formula is C27H30IN3O5. The van der Waals surface area contributed by atoms with E-state index in [0.717, 1.165) is 42.8 Å². The largest absolute Gasteiger partial charge is 0.469 e. The van der Waals surface area contributed by atoms with Crippen LogP contribution in [0, 0.1) is 6.92 Å². The van der Waals surface area contributed by atoms with Crippen molar-refractivity contribution in [2.45, 2.75) is 46.5 Å². The van der Waals surface area contributed by atoms with E-state index in [1.165, 1.54) is 14.2 Å². The maximum atomic E-state index is 11.9. The molecule has 0 saturated carbocycles. The lowest BCUT2D eigenvalue weighted by Crippen LogP contribution is -2.05. The Morgan fingerprint density at radius 1 is 0.972 bits per heavy atom. The minimum Gasteiger partial charge on any atom is -0.469 e. The third kappa shape index (κ3) is 5.77. The number of nitrogens with zero attached hydrogens (tertiary/aromatic N) is 2. The third-order valence-corrected chi connectivity index (χ3v) is 7.35. The SMILES string of the molecule is C=Cc1c(N)oc(/C=C2N=C(/C=C3\N=C(I)C(C)=C3CCC(=O)OC)C(CCC(=O)OC)=C\2C)c1C. The van der Waals surface area contributed by atoms with Crippen LogP contribution in [0.2, 0.25) is 0 Å². The van der Waals surface area contributed by atoms with Gasteiger partial charge < -0.3 is 19.6 Å². The first-order valence-corrected chi connectivity index (χ1v) is 12.5. The number of anilines is 1. The van der Waals surface area contributed by atoms with Gasteiger partial charge in [-0.15, -0.1) is 0 Å². The monoisotopic (exact) mass is 603 g/mol. The van der Waals surface area contributed by atoms with Crippen LogP contribution in [0.4, 0.5) is 5.88 Å². The highest BCUT2D eigenvalue weighted by atomic mass is 127. The summed E-state index contributed by atoms with van der Waals surface area (Å²) in [4.78, 5) is 33.3. The van der Waals surface area contributed by atoms with Crippen LogP contribution >= 0.6 is 22.6 Å². The number of aliphatic imine (C=N–C) groups is 2. The molecule has 190 valence electrons. The fourth-order valence-electron chi connectivity index (χ4n) is 4.08. The Labute approximate surface area is 224 Å². The Morgan fingerprint density at radius 2 is 1.58 bits per heavy atom. The first-order chi connectivity index (χ1) is 17.1. The van der Waals surface area contributed by atoms with Crippen molar-refractivity contribution in [3.63, 3.8) is 0 Å². The van der Waals surface area contributed by atoms with Crippen LogP contribution in [0.5, 0.6) is 0 Å². The van der Waals surface area contributed by atoms with Gasteiger partial charge in [-0.1, -0.05) is 12.7 Å². The molecule has 0 bridgehead atoms. The molecule has 8 nitrogen and oxygen atoms in total. The summed E-state index contributed by atoms with van der Waals surface area (Å²) in [6.45, 7) is 9.66. The molecule has 0 fully saturated rings. The van der Waals surface area contributed by atoms with E-state index in [1.54, 1.807) is 6.08 Å². The summed E-state index contributed by atoms with van der Waals surface area (Å²) in [6.07, 6.45) is 6.86. The topological polar surface area (TPSA) is 116 Å². The van der Waals surface area contributed by atoms with E-state index < -0.39 is 0 Å². The average molecular weight is 603 g/mol. The van der Waals surface area contributed by atoms with Crippen LogP contribution in [0.25, 0.3) is 12.2 Å². The maximum Gasteiger partial charge on any atom is 0.305 e. The van der Waals surface area contributed by atoms with Crippen LogP contribution in [0.1, 0.15) is 56.4 Å². The van der Waals surface area contributed by atoms with Gasteiger partial charge >= 0.3 is 11.9 Å². The molecule has 0 atom stereocenters. The Bertz CT molecular complexity index is 1300. The molecule has 2 N–H and O–H groups in total. The Balaban J connectivity index is 2.06. The van der Waals surface area contributed by atoms with Gasteiger partial charge in [0.25, 0.3) is 0 Å². The zero-order chi connectivity index (χ0) is 26.6. The molecule has 0 radical (unpaired) electrons. The quantitative estimate of drug-likeness (QED) is 0.279. The van der Waals surface area contributed by atoms with Gasteiger partial charge in [-0.25, -0.2) is 9.98 Å². The molecule has 0 aromatic carbocycles. The van der Waals surface area contributed by atoms with Gasteiger partial charge in [0.2, 0.25) is 0 Å². The normalized spacial score (nSPS) is 17.7. The van der Waals surface area contributed by atoms with Crippen molar-refractivity contribution in [3.8, 4) is 0 Å². The standard InChI is InChI=1S/C27H30IN3O5/c1-7-17-15(3)23(36-27(17)29)13-20-14(2)18(8-10-24(32)34-5)21(30-20)12-22-19(9-11-25(33)35-6)16(4)26(28)31-22/h7,12-13H,1,8-11,29H2,2-6H3/b20-13-,22-12-. The predicted molar refractivity (Wildman–Crippen MR) is 151 cm³/mol. The number of hydrogen-bond acceptors (Lipinski definition) is 8. The fourth-order valence-corrected chi connectivity index (χ4v) is 4.67. The van der Waals surface area contributed by atoms with E-state index in [2.05, 4.69) is 29.2 Å². The van der Waals surface area contributed by atoms with Crippen molar-refractivity contribution in [2.75, 3.05) is 20.0 Å². The lowest BCUT2D eigenvalue weighted by molar-refractivity contribution is -0.141. The molecule has 0 unspecified atom stereocenters. The molecule has 0 spiro atoms. The highest BCUT2D eigenvalue weighted by molar-refractivity contribution is 14.1. The molecule has 1 aromatic heterocycles. The van der Waals surface area contributed by atoms with E-state index in [9.17, 15) is 9.59 Å². The van der Waals surface area contributed by atoms with E-state index >= 15 is 0 Å². The molecule has 0 aliphatic carbocycles. The van der Waals surface area contributed by atoms with Crippen molar-refractivity contribution >= 4 is 62.0 Å². The van der Waals surface area contributed by atoms with Crippen molar-refractivity contribution < 1.29 is 23.5 Å². The van der Waals surface area contributed by atoms with Gasteiger partial charge in [0.05, 0.1) is 31.3 Å². The fraction of sp³-hybridized carbons (Fsp3) is 0.333. The first-order valence-electron chi connectivity index (χ1n) is 11.4. The number of rotatable bonds is 9. The molecule has 3 rings (SSSR count). The molecule has 2 aliphatic rings. The summed E-state index contributed by atoms with van der Waals surface area (Å²) in [5.74, 6) is 0.330. The van der Waals surface area contributed by atoms with E-state index in [0.29, 0.717) is 35.9 Å². The predicted octanol–water partition coefficient (Wildman–Crippen LogP) is 5.88. The number of methoxy groups -OCH3 is 2. The molecule has 1 aromatic rings. The van der Waals surface area contributed by atoms with Crippen LogP contribution in [0.3, 0.4) is 0 Å². The van der Waals surface area contributed by atoms with Crippen LogP contribution in [-0.4, -0.2) is 35.6 Å². The molecule has 3 heterocycles. The molecule has 0 saturated heterocycles. The van der Waals surface area contributed by atoms with Crippen LogP contribution in [-0.2, 0) is 19.1 Å². The second-order valence-electron chi connectivity index (χ2n) is 8.39. The smallest absolute Gasteiger partial charge is 0.305 e. The molecule has 36 heavy (non-hydrogen) atoms. The van der Waals surface area contributed by atoms with Gasteiger partial charge in [0.15, 0.2) is 5.88 Å². The van der Waals surface area contributed by atoms with E-state index in [-0.39, 0.29) is 24.8 Å².